The molecule has 4 N–H and O–H groups in total. The van der Waals surface area contributed by atoms with Crippen LogP contribution in [0.25, 0.3) is 44.1 Å². The Morgan fingerprint density at radius 2 is 0.873 bits per heavy atom. The van der Waals surface area contributed by atoms with Gasteiger partial charge in [-0.1, -0.05) is 73.8 Å². The van der Waals surface area contributed by atoms with Gasteiger partial charge in [-0.3, -0.25) is 9.59 Å². The first kappa shape index (κ1) is 49.3. The number of nitrogens with zero attached hydrogens (tertiary/aromatic N) is 8. The van der Waals surface area contributed by atoms with Crippen molar-refractivity contribution in [3.8, 4) is 22.3 Å². The van der Waals surface area contributed by atoms with Gasteiger partial charge in [0, 0.05) is 121 Å². The summed E-state index contributed by atoms with van der Waals surface area (Å²) < 4.78 is 0. The normalized spacial score (nSPS) is 13.8. The van der Waals surface area contributed by atoms with Crippen molar-refractivity contribution >= 4 is 92.0 Å². The van der Waals surface area contributed by atoms with Gasteiger partial charge in [0.05, 0.1) is 11.0 Å². The van der Waals surface area contributed by atoms with Gasteiger partial charge in [-0.15, -0.1) is 12.4 Å². The van der Waals surface area contributed by atoms with Crippen molar-refractivity contribution in [2.45, 2.75) is 0 Å². The summed E-state index contributed by atoms with van der Waals surface area (Å²) in [6, 6.07) is 44.3. The molecule has 2 aliphatic rings. The van der Waals surface area contributed by atoms with Crippen LogP contribution in [0.5, 0.6) is 0 Å². The van der Waals surface area contributed by atoms with Crippen LogP contribution in [-0.4, -0.2) is 108 Å². The molecule has 0 saturated carbocycles. The number of carbonyl (C=O) groups is 2. The number of halogens is 1. The third kappa shape index (κ3) is 12.4. The lowest BCUT2D eigenvalue weighted by Crippen LogP contribution is -2.44. The first-order chi connectivity index (χ1) is 34.2. The lowest BCUT2D eigenvalue weighted by atomic mass is 10.0. The van der Waals surface area contributed by atoms with E-state index >= 15 is 0 Å². The van der Waals surface area contributed by atoms with E-state index in [1.807, 2.05) is 97.3 Å². The van der Waals surface area contributed by atoms with Crippen LogP contribution in [0.3, 0.4) is 0 Å². The fourth-order valence-corrected chi connectivity index (χ4v) is 8.51. The Morgan fingerprint density at radius 3 is 1.25 bits per heavy atom. The zero-order chi connectivity index (χ0) is 48.4. The molecule has 2 amide bonds. The Balaban J connectivity index is 0.000000188. The summed E-state index contributed by atoms with van der Waals surface area (Å²) in [5.41, 5.74) is 11.3. The van der Waals surface area contributed by atoms with Crippen LogP contribution in [0.15, 0.2) is 171 Å². The van der Waals surface area contributed by atoms with Crippen molar-refractivity contribution in [3.63, 3.8) is 0 Å². The second kappa shape index (κ2) is 23.0. The van der Waals surface area contributed by atoms with Gasteiger partial charge in [0.15, 0.2) is 0 Å². The number of hydrogen-bond acceptors (Lipinski definition) is 12. The SMILES string of the molecule is C=CC(=O)Nc1cccc(-c2cccc3cnc(Nc4ccc(N5CCN(C)CC5)cc4)nc23)c1.C=CC(=O)Nc1cccc(-c2cccc3cnc(Nc4ccc(N5CCN(C)CC5)cc4)nc23)c1.Cl. The Bertz CT molecular complexity index is 2940. The molecule has 2 saturated heterocycles. The van der Waals surface area contributed by atoms with Crippen LogP contribution in [0.2, 0.25) is 0 Å². The van der Waals surface area contributed by atoms with Crippen LogP contribution >= 0.6 is 12.4 Å². The molecule has 8 aromatic rings. The van der Waals surface area contributed by atoms with Crippen LogP contribution in [0, 0.1) is 0 Å². The Hall–Kier alpha value is -8.17. The van der Waals surface area contributed by atoms with Crippen molar-refractivity contribution in [1.29, 1.82) is 0 Å². The molecule has 0 unspecified atom stereocenters. The highest BCUT2D eigenvalue weighted by atomic mass is 35.5. The number of anilines is 8. The molecule has 2 fully saturated rings. The molecule has 0 radical (unpaired) electrons. The van der Waals surface area contributed by atoms with Crippen LogP contribution in [0.1, 0.15) is 0 Å². The fraction of sp³-hybridized carbons (Fsp3) is 0.179. The summed E-state index contributed by atoms with van der Waals surface area (Å²) >= 11 is 0. The maximum absolute atomic E-state index is 11.7. The molecule has 6 aromatic carbocycles. The topological polar surface area (TPSA) is 147 Å². The molecule has 2 aliphatic heterocycles. The van der Waals surface area contributed by atoms with E-state index in [9.17, 15) is 9.59 Å². The molecule has 71 heavy (non-hydrogen) atoms. The number of piperazine rings is 2. The minimum Gasteiger partial charge on any atom is -0.369 e. The molecular weight excluding hydrogens is 908 g/mol. The number of aromatic nitrogens is 4. The zero-order valence-corrected chi connectivity index (χ0v) is 40.7. The largest absolute Gasteiger partial charge is 0.369 e. The molecule has 360 valence electrons. The smallest absolute Gasteiger partial charge is 0.247 e. The van der Waals surface area contributed by atoms with E-state index in [4.69, 9.17) is 9.97 Å². The predicted octanol–water partition coefficient (Wildman–Crippen LogP) is 10.3. The predicted molar refractivity (Wildman–Crippen MR) is 294 cm³/mol. The van der Waals surface area contributed by atoms with E-state index in [2.05, 4.69) is 127 Å². The number of likely N-dealkylation sites (N-methyl/N-ethyl adjacent to an activating group) is 2. The number of nitrogens with one attached hydrogen (secondary N) is 4. The third-order valence-corrected chi connectivity index (χ3v) is 12.5. The summed E-state index contributed by atoms with van der Waals surface area (Å²) in [4.78, 5) is 51.7. The van der Waals surface area contributed by atoms with Gasteiger partial charge in [0.25, 0.3) is 0 Å². The van der Waals surface area contributed by atoms with E-state index in [-0.39, 0.29) is 24.2 Å². The average molecular weight is 966 g/mol. The van der Waals surface area contributed by atoms with Crippen LogP contribution in [0.4, 0.5) is 46.0 Å². The highest BCUT2D eigenvalue weighted by Crippen LogP contribution is 2.32. The highest BCUT2D eigenvalue weighted by Gasteiger charge is 2.17. The lowest BCUT2D eigenvalue weighted by Gasteiger charge is -2.34. The standard InChI is InChI=1S/2C28H28N6O.ClH/c2*1-3-26(35)30-23-8-4-6-20(18-23)25-9-5-7-21-19-29-28(32-27(21)25)31-22-10-12-24(13-11-22)34-16-14-33(2)15-17-34;/h2*3-13,18-19H,1,14-17H2,2H3,(H,30,35)(H,29,31,32);1H. The van der Waals surface area contributed by atoms with Crippen LogP contribution in [-0.2, 0) is 9.59 Å². The van der Waals surface area contributed by atoms with Gasteiger partial charge < -0.3 is 40.9 Å². The number of rotatable bonds is 12. The van der Waals surface area contributed by atoms with E-state index in [0.29, 0.717) is 23.3 Å². The highest BCUT2D eigenvalue weighted by molar-refractivity contribution is 6.01. The number of amides is 2. The summed E-state index contributed by atoms with van der Waals surface area (Å²) in [6.07, 6.45) is 6.17. The number of hydrogen-bond donors (Lipinski definition) is 4. The molecule has 2 aromatic heterocycles. The fourth-order valence-electron chi connectivity index (χ4n) is 8.51. The summed E-state index contributed by atoms with van der Waals surface area (Å²) in [5.74, 6) is 0.585. The number of carbonyl (C=O) groups excluding carboxylic acids is 2. The van der Waals surface area contributed by atoms with Gasteiger partial charge in [-0.05, 0) is 110 Å². The third-order valence-electron chi connectivity index (χ3n) is 12.5. The molecular formula is C56H57ClN12O2. The van der Waals surface area contributed by atoms with Crippen LogP contribution < -0.4 is 31.1 Å². The zero-order valence-electron chi connectivity index (χ0n) is 39.9. The Kier molecular flexibility index (Phi) is 15.9. The summed E-state index contributed by atoms with van der Waals surface area (Å²) in [5, 5.41) is 14.2. The average Bonchev–Trinajstić information content (AvgIpc) is 3.39. The minimum atomic E-state index is -0.243. The second-order valence-corrected chi connectivity index (χ2v) is 17.3. The molecule has 14 nitrogen and oxygen atoms in total. The molecule has 10 rings (SSSR count). The Labute approximate surface area is 420 Å². The van der Waals surface area contributed by atoms with Gasteiger partial charge in [-0.25, -0.2) is 19.9 Å². The van der Waals surface area contributed by atoms with E-state index in [1.54, 1.807) is 0 Å². The van der Waals surface area contributed by atoms with Crippen molar-refractivity contribution < 1.29 is 9.59 Å². The summed E-state index contributed by atoms with van der Waals surface area (Å²) in [7, 11) is 4.33. The monoisotopic (exact) mass is 964 g/mol. The maximum atomic E-state index is 11.7. The van der Waals surface area contributed by atoms with Gasteiger partial charge >= 0.3 is 0 Å². The molecule has 15 heteroatoms. The number of fused-ring (bicyclic) bond motifs is 2. The van der Waals surface area contributed by atoms with E-state index in [1.165, 1.54) is 23.5 Å². The van der Waals surface area contributed by atoms with E-state index < -0.39 is 0 Å². The first-order valence-corrected chi connectivity index (χ1v) is 23.4. The molecule has 0 atom stereocenters. The summed E-state index contributed by atoms with van der Waals surface area (Å²) in [6.45, 7) is 15.5. The second-order valence-electron chi connectivity index (χ2n) is 17.3. The minimum absolute atomic E-state index is 0. The quantitative estimate of drug-likeness (QED) is 0.0865. The van der Waals surface area contributed by atoms with Gasteiger partial charge in [0.2, 0.25) is 23.7 Å². The van der Waals surface area contributed by atoms with Crippen molar-refractivity contribution in [2.24, 2.45) is 0 Å². The van der Waals surface area contributed by atoms with Crippen molar-refractivity contribution in [2.75, 3.05) is 97.5 Å². The first-order valence-electron chi connectivity index (χ1n) is 23.4. The molecule has 0 bridgehead atoms. The van der Waals surface area contributed by atoms with E-state index in [0.717, 1.165) is 108 Å². The Morgan fingerprint density at radius 1 is 0.493 bits per heavy atom. The van der Waals surface area contributed by atoms with Gasteiger partial charge in [0.1, 0.15) is 0 Å². The molecule has 0 spiro atoms. The van der Waals surface area contributed by atoms with Crippen molar-refractivity contribution in [3.05, 3.63) is 171 Å². The molecule has 0 aliphatic carbocycles. The number of benzene rings is 6. The van der Waals surface area contributed by atoms with Gasteiger partial charge in [-0.2, -0.15) is 0 Å². The number of para-hydroxylation sites is 2. The maximum Gasteiger partial charge on any atom is 0.247 e. The van der Waals surface area contributed by atoms with Crippen molar-refractivity contribution in [1.82, 2.24) is 29.7 Å². The lowest BCUT2D eigenvalue weighted by molar-refractivity contribution is -0.112. The molecule has 4 heterocycles.